The summed E-state index contributed by atoms with van der Waals surface area (Å²) in [5.41, 5.74) is 6.72. The Morgan fingerprint density at radius 3 is 2.21 bits per heavy atom. The third-order valence-corrected chi connectivity index (χ3v) is 3.87. The smallest absolute Gasteiger partial charge is 0.231 e. The van der Waals surface area contributed by atoms with Crippen molar-refractivity contribution in [3.63, 3.8) is 0 Å². The molecular formula is C18H21ClF2N2O. The average Bonchev–Trinajstić information content (AvgIpc) is 2.53. The maximum Gasteiger partial charge on any atom is 0.231 e. The molecule has 0 aliphatic heterocycles. The summed E-state index contributed by atoms with van der Waals surface area (Å²) >= 11 is 0. The Balaban J connectivity index is 0.00000288. The van der Waals surface area contributed by atoms with Gasteiger partial charge in [-0.05, 0) is 37.3 Å². The summed E-state index contributed by atoms with van der Waals surface area (Å²) < 4.78 is 27.1. The molecule has 130 valence electrons. The van der Waals surface area contributed by atoms with E-state index in [2.05, 4.69) is 0 Å². The minimum absolute atomic E-state index is 0. The normalized spacial score (nSPS) is 12.9. The van der Waals surface area contributed by atoms with E-state index in [0.29, 0.717) is 11.3 Å². The topological polar surface area (TPSA) is 46.3 Å². The Labute approximate surface area is 146 Å². The van der Waals surface area contributed by atoms with E-state index in [1.54, 1.807) is 32.0 Å². The van der Waals surface area contributed by atoms with Gasteiger partial charge >= 0.3 is 0 Å². The van der Waals surface area contributed by atoms with E-state index in [9.17, 15) is 13.6 Å². The first-order valence-corrected chi connectivity index (χ1v) is 7.46. The van der Waals surface area contributed by atoms with Crippen molar-refractivity contribution >= 4 is 24.0 Å². The Morgan fingerprint density at radius 2 is 1.67 bits per heavy atom. The van der Waals surface area contributed by atoms with E-state index < -0.39 is 11.7 Å². The number of carbonyl (C=O) groups is 1. The zero-order valence-corrected chi connectivity index (χ0v) is 14.4. The van der Waals surface area contributed by atoms with Crippen LogP contribution in [-0.2, 0) is 11.3 Å². The number of halogens is 3. The molecule has 0 saturated carbocycles. The fourth-order valence-electron chi connectivity index (χ4n) is 2.19. The van der Waals surface area contributed by atoms with Gasteiger partial charge in [-0.3, -0.25) is 4.79 Å². The van der Waals surface area contributed by atoms with Crippen molar-refractivity contribution in [3.8, 4) is 0 Å². The van der Waals surface area contributed by atoms with Gasteiger partial charge in [0.05, 0.1) is 12.5 Å². The Kier molecular flexibility index (Phi) is 7.32. The van der Waals surface area contributed by atoms with E-state index in [-0.39, 0.29) is 36.7 Å². The second kappa shape index (κ2) is 8.76. The molecule has 0 aliphatic rings. The Bertz CT molecular complexity index is 677. The number of hydrogen-bond acceptors (Lipinski definition) is 2. The highest BCUT2D eigenvalue weighted by Crippen LogP contribution is 2.22. The van der Waals surface area contributed by atoms with Crippen LogP contribution in [-0.4, -0.2) is 11.9 Å². The molecule has 3 nitrogen and oxygen atoms in total. The molecule has 2 unspecified atom stereocenters. The molecule has 6 heteroatoms. The van der Waals surface area contributed by atoms with E-state index in [1.807, 2.05) is 0 Å². The van der Waals surface area contributed by atoms with Crippen molar-refractivity contribution < 1.29 is 13.6 Å². The molecule has 0 fully saturated rings. The maximum absolute atomic E-state index is 13.9. The van der Waals surface area contributed by atoms with Crippen LogP contribution in [0.1, 0.15) is 19.4 Å². The van der Waals surface area contributed by atoms with E-state index in [4.69, 9.17) is 5.73 Å². The van der Waals surface area contributed by atoms with Crippen molar-refractivity contribution in [2.75, 3.05) is 4.90 Å². The lowest BCUT2D eigenvalue weighted by Gasteiger charge is -2.27. The number of hydrogen-bond donors (Lipinski definition) is 1. The fourth-order valence-corrected chi connectivity index (χ4v) is 2.19. The first kappa shape index (κ1) is 20.1. The maximum atomic E-state index is 13.9. The summed E-state index contributed by atoms with van der Waals surface area (Å²) in [6, 6.07) is 11.5. The lowest BCUT2D eigenvalue weighted by atomic mass is 10.0. The first-order chi connectivity index (χ1) is 10.9. The van der Waals surface area contributed by atoms with Gasteiger partial charge in [-0.25, -0.2) is 8.78 Å². The summed E-state index contributed by atoms with van der Waals surface area (Å²) in [5.74, 6) is -1.45. The number of carbonyl (C=O) groups excluding carboxylic acids is 1. The number of nitrogens with two attached hydrogens (primary N) is 1. The van der Waals surface area contributed by atoms with Crippen molar-refractivity contribution in [1.82, 2.24) is 0 Å². The second-order valence-electron chi connectivity index (χ2n) is 5.64. The van der Waals surface area contributed by atoms with Gasteiger partial charge in [0.1, 0.15) is 11.6 Å². The fraction of sp³-hybridized carbons (Fsp3) is 0.278. The lowest BCUT2D eigenvalue weighted by molar-refractivity contribution is -0.122. The molecule has 0 bridgehead atoms. The van der Waals surface area contributed by atoms with Gasteiger partial charge in [0.25, 0.3) is 0 Å². The van der Waals surface area contributed by atoms with E-state index in [0.717, 1.165) is 0 Å². The van der Waals surface area contributed by atoms with Crippen molar-refractivity contribution in [3.05, 3.63) is 65.7 Å². The van der Waals surface area contributed by atoms with Crippen molar-refractivity contribution in [2.24, 2.45) is 11.7 Å². The molecular weight excluding hydrogens is 334 g/mol. The molecule has 2 aromatic carbocycles. The van der Waals surface area contributed by atoms with Crippen LogP contribution in [0.15, 0.2) is 48.5 Å². The monoisotopic (exact) mass is 354 g/mol. The van der Waals surface area contributed by atoms with Gasteiger partial charge in [-0.15, -0.1) is 12.4 Å². The molecule has 2 aromatic rings. The van der Waals surface area contributed by atoms with Gasteiger partial charge < -0.3 is 10.6 Å². The molecule has 0 aliphatic carbocycles. The number of amides is 1. The van der Waals surface area contributed by atoms with E-state index >= 15 is 0 Å². The molecule has 0 aromatic heterocycles. The van der Waals surface area contributed by atoms with Gasteiger partial charge in [-0.2, -0.15) is 0 Å². The molecule has 0 saturated heterocycles. The number of anilines is 1. The van der Waals surface area contributed by atoms with Crippen LogP contribution in [0.2, 0.25) is 0 Å². The quantitative estimate of drug-likeness (QED) is 0.885. The predicted molar refractivity (Wildman–Crippen MR) is 94.1 cm³/mol. The Morgan fingerprint density at radius 1 is 1.08 bits per heavy atom. The van der Waals surface area contributed by atoms with Crippen molar-refractivity contribution in [1.29, 1.82) is 0 Å². The summed E-state index contributed by atoms with van der Waals surface area (Å²) in [7, 11) is 0. The minimum atomic E-state index is -0.438. The van der Waals surface area contributed by atoms with Crippen LogP contribution in [0, 0.1) is 17.6 Å². The van der Waals surface area contributed by atoms with Crippen molar-refractivity contribution in [2.45, 2.75) is 26.4 Å². The highest BCUT2D eigenvalue weighted by molar-refractivity contribution is 5.95. The molecule has 2 rings (SSSR count). The molecule has 1 amide bonds. The largest absolute Gasteiger partial charge is 0.327 e. The summed E-state index contributed by atoms with van der Waals surface area (Å²) in [4.78, 5) is 14.2. The summed E-state index contributed by atoms with van der Waals surface area (Å²) in [5, 5.41) is 0. The molecule has 2 N–H and O–H groups in total. The average molecular weight is 355 g/mol. The highest BCUT2D eigenvalue weighted by atomic mass is 35.5. The third-order valence-electron chi connectivity index (χ3n) is 3.87. The van der Waals surface area contributed by atoms with Crippen LogP contribution in [0.5, 0.6) is 0 Å². The standard InChI is InChI=1S/C18H20F2N2O.ClH/c1-12(13(2)21)18(23)22(16-9-7-15(19)8-10-16)11-14-5-3-4-6-17(14)20;/h3-10,12-13H,11,21H2,1-2H3;1H. The second-order valence-corrected chi connectivity index (χ2v) is 5.64. The SMILES string of the molecule is CC(N)C(C)C(=O)N(Cc1ccccc1F)c1ccc(F)cc1.Cl. The minimum Gasteiger partial charge on any atom is -0.327 e. The predicted octanol–water partition coefficient (Wildman–Crippen LogP) is 3.90. The van der Waals surface area contributed by atoms with Gasteiger partial charge in [0.15, 0.2) is 0 Å². The van der Waals surface area contributed by atoms with Gasteiger partial charge in [-0.1, -0.05) is 25.1 Å². The van der Waals surface area contributed by atoms with E-state index in [1.165, 1.54) is 35.2 Å². The molecule has 24 heavy (non-hydrogen) atoms. The van der Waals surface area contributed by atoms with Crippen LogP contribution in [0.25, 0.3) is 0 Å². The third kappa shape index (κ3) is 4.76. The zero-order chi connectivity index (χ0) is 17.0. The van der Waals surface area contributed by atoms with Crippen LogP contribution < -0.4 is 10.6 Å². The van der Waals surface area contributed by atoms with Crippen LogP contribution in [0.3, 0.4) is 0 Å². The molecule has 0 spiro atoms. The Hall–Kier alpha value is -1.98. The van der Waals surface area contributed by atoms with Gasteiger partial charge in [0.2, 0.25) is 5.91 Å². The molecule has 0 heterocycles. The van der Waals surface area contributed by atoms with Crippen LogP contribution in [0.4, 0.5) is 14.5 Å². The van der Waals surface area contributed by atoms with Crippen LogP contribution >= 0.6 is 12.4 Å². The summed E-state index contributed by atoms with van der Waals surface area (Å²) in [6.45, 7) is 3.54. The summed E-state index contributed by atoms with van der Waals surface area (Å²) in [6.07, 6.45) is 0. The lowest BCUT2D eigenvalue weighted by Crippen LogP contribution is -2.41. The number of nitrogens with zero attached hydrogens (tertiary/aromatic N) is 1. The number of rotatable bonds is 5. The van der Waals surface area contributed by atoms with Gasteiger partial charge in [0, 0.05) is 17.3 Å². The molecule has 0 radical (unpaired) electrons. The molecule has 2 atom stereocenters. The first-order valence-electron chi connectivity index (χ1n) is 7.46. The zero-order valence-electron chi connectivity index (χ0n) is 13.6. The number of benzene rings is 2. The highest BCUT2D eigenvalue weighted by Gasteiger charge is 2.25.